The molecule has 1 fully saturated rings. The van der Waals surface area contributed by atoms with Gasteiger partial charge in [0.25, 0.3) is 11.8 Å². The number of hydrogen-bond acceptors (Lipinski definition) is 6. The molecule has 0 aliphatic carbocycles. The van der Waals surface area contributed by atoms with E-state index in [1.54, 1.807) is 12.1 Å². The van der Waals surface area contributed by atoms with Crippen LogP contribution in [0.1, 0.15) is 36.2 Å². The van der Waals surface area contributed by atoms with Gasteiger partial charge in [-0.3, -0.25) is 30.0 Å². The van der Waals surface area contributed by atoms with Gasteiger partial charge in [-0.15, -0.1) is 0 Å². The monoisotopic (exact) mass is 466 g/mol. The molecule has 0 aromatic heterocycles. The number of ether oxygens (including phenoxy) is 1. The van der Waals surface area contributed by atoms with Gasteiger partial charge >= 0.3 is 5.97 Å². The molecule has 0 radical (unpaired) electrons. The largest absolute Gasteiger partial charge is 0.455 e. The Labute approximate surface area is 199 Å². The maximum atomic E-state index is 12.3. The van der Waals surface area contributed by atoms with Crippen molar-refractivity contribution in [2.45, 2.75) is 27.2 Å². The molecule has 0 spiro atoms. The molecule has 1 atom stereocenters. The summed E-state index contributed by atoms with van der Waals surface area (Å²) in [5.41, 5.74) is 7.71. The third-order valence-electron chi connectivity index (χ3n) is 5.72. The molecule has 3 amide bonds. The second-order valence-corrected chi connectivity index (χ2v) is 8.07. The molecule has 3 rings (SSSR count). The van der Waals surface area contributed by atoms with Gasteiger partial charge in [-0.05, 0) is 57.2 Å². The van der Waals surface area contributed by atoms with Gasteiger partial charge in [0.1, 0.15) is 0 Å². The Morgan fingerprint density at radius 3 is 2.26 bits per heavy atom. The second-order valence-electron chi connectivity index (χ2n) is 8.07. The second kappa shape index (κ2) is 11.3. The van der Waals surface area contributed by atoms with Crippen LogP contribution in [0.4, 0.5) is 11.4 Å². The van der Waals surface area contributed by atoms with Crippen molar-refractivity contribution in [3.8, 4) is 0 Å². The molecule has 2 N–H and O–H groups in total. The molecule has 1 heterocycles. The van der Waals surface area contributed by atoms with Gasteiger partial charge < -0.3 is 14.5 Å². The minimum atomic E-state index is -0.679. The fourth-order valence-electron chi connectivity index (χ4n) is 3.74. The van der Waals surface area contributed by atoms with Crippen molar-refractivity contribution >= 4 is 35.1 Å². The molecule has 1 saturated heterocycles. The highest BCUT2D eigenvalue weighted by atomic mass is 16.5. The van der Waals surface area contributed by atoms with Crippen LogP contribution in [-0.4, -0.2) is 49.9 Å². The summed E-state index contributed by atoms with van der Waals surface area (Å²) < 4.78 is 5.06. The molecule has 0 unspecified atom stereocenters. The number of esters is 1. The molecule has 1 aliphatic rings. The standard InChI is InChI=1S/C25H30N4O5/c1-4-28(5-2)20-12-8-18(9-13-20)24(32)27-26-22(30)16-34-25(33)19-14-23(31)29(15-19)21-10-6-17(3)7-11-21/h6-13,19H,4-5,14-16H2,1-3H3,(H,26,30)(H,27,32)/t19-/m1/s1. The number of amides is 3. The van der Waals surface area contributed by atoms with E-state index in [1.165, 1.54) is 4.90 Å². The van der Waals surface area contributed by atoms with Crippen molar-refractivity contribution in [2.75, 3.05) is 36.0 Å². The first-order valence-corrected chi connectivity index (χ1v) is 11.3. The summed E-state index contributed by atoms with van der Waals surface area (Å²) in [6, 6.07) is 14.5. The van der Waals surface area contributed by atoms with Crippen molar-refractivity contribution in [1.82, 2.24) is 10.9 Å². The lowest BCUT2D eigenvalue weighted by Crippen LogP contribution is -2.43. The summed E-state index contributed by atoms with van der Waals surface area (Å²) in [6.07, 6.45) is 0.0224. The molecule has 9 heteroatoms. The Kier molecular flexibility index (Phi) is 8.24. The summed E-state index contributed by atoms with van der Waals surface area (Å²) >= 11 is 0. The maximum absolute atomic E-state index is 12.3. The zero-order chi connectivity index (χ0) is 24.7. The van der Waals surface area contributed by atoms with Crippen molar-refractivity contribution in [2.24, 2.45) is 5.92 Å². The van der Waals surface area contributed by atoms with Crippen LogP contribution in [0.2, 0.25) is 0 Å². The molecular weight excluding hydrogens is 436 g/mol. The number of hydrazine groups is 1. The number of benzene rings is 2. The van der Waals surface area contributed by atoms with Gasteiger partial charge in [0.15, 0.2) is 6.61 Å². The summed E-state index contributed by atoms with van der Waals surface area (Å²) in [6.45, 7) is 7.41. The SMILES string of the molecule is CCN(CC)c1ccc(C(=O)NNC(=O)COC(=O)[C@@H]2CC(=O)N(c3ccc(C)cc3)C2)cc1. The normalized spacial score (nSPS) is 15.1. The first-order valence-electron chi connectivity index (χ1n) is 11.3. The van der Waals surface area contributed by atoms with Crippen LogP contribution in [0.5, 0.6) is 0 Å². The van der Waals surface area contributed by atoms with Crippen molar-refractivity contribution in [3.63, 3.8) is 0 Å². The van der Waals surface area contributed by atoms with Gasteiger partial charge in [-0.25, -0.2) is 0 Å². The average Bonchev–Trinajstić information content (AvgIpc) is 3.24. The fourth-order valence-corrected chi connectivity index (χ4v) is 3.74. The smallest absolute Gasteiger partial charge is 0.311 e. The predicted molar refractivity (Wildman–Crippen MR) is 128 cm³/mol. The van der Waals surface area contributed by atoms with E-state index in [1.807, 2.05) is 43.3 Å². The van der Waals surface area contributed by atoms with Crippen LogP contribution in [0.3, 0.4) is 0 Å². The lowest BCUT2D eigenvalue weighted by molar-refractivity contribution is -0.152. The third kappa shape index (κ3) is 6.12. The summed E-state index contributed by atoms with van der Waals surface area (Å²) in [5.74, 6) is -2.62. The molecule has 34 heavy (non-hydrogen) atoms. The highest BCUT2D eigenvalue weighted by Crippen LogP contribution is 2.26. The number of anilines is 2. The van der Waals surface area contributed by atoms with Crippen molar-refractivity contribution in [1.29, 1.82) is 0 Å². The number of carbonyl (C=O) groups is 4. The van der Waals surface area contributed by atoms with Gasteiger partial charge in [-0.1, -0.05) is 17.7 Å². The molecule has 0 saturated carbocycles. The fraction of sp³-hybridized carbons (Fsp3) is 0.360. The lowest BCUT2D eigenvalue weighted by Gasteiger charge is -2.21. The first-order chi connectivity index (χ1) is 16.3. The number of hydrogen-bond donors (Lipinski definition) is 2. The van der Waals surface area contributed by atoms with Gasteiger partial charge in [0, 0.05) is 43.0 Å². The zero-order valence-corrected chi connectivity index (χ0v) is 19.7. The topological polar surface area (TPSA) is 108 Å². The minimum absolute atomic E-state index is 0.0224. The number of nitrogens with one attached hydrogen (secondary N) is 2. The van der Waals surface area contributed by atoms with E-state index in [0.717, 1.165) is 30.0 Å². The Morgan fingerprint density at radius 1 is 1.00 bits per heavy atom. The van der Waals surface area contributed by atoms with E-state index in [9.17, 15) is 19.2 Å². The van der Waals surface area contributed by atoms with Crippen LogP contribution in [-0.2, 0) is 19.1 Å². The highest BCUT2D eigenvalue weighted by molar-refractivity contribution is 6.00. The number of nitrogens with zero attached hydrogens (tertiary/aromatic N) is 2. The van der Waals surface area contributed by atoms with Crippen molar-refractivity contribution in [3.05, 3.63) is 59.7 Å². The Morgan fingerprint density at radius 2 is 1.65 bits per heavy atom. The third-order valence-corrected chi connectivity index (χ3v) is 5.72. The summed E-state index contributed by atoms with van der Waals surface area (Å²) in [5, 5.41) is 0. The van der Waals surface area contributed by atoms with Crippen LogP contribution in [0.25, 0.3) is 0 Å². The Balaban J connectivity index is 1.43. The van der Waals surface area contributed by atoms with E-state index in [-0.39, 0.29) is 18.9 Å². The molecule has 1 aliphatic heterocycles. The first kappa shape index (κ1) is 24.8. The van der Waals surface area contributed by atoms with E-state index in [4.69, 9.17) is 4.74 Å². The predicted octanol–water partition coefficient (Wildman–Crippen LogP) is 2.20. The molecule has 180 valence electrons. The van der Waals surface area contributed by atoms with Crippen LogP contribution >= 0.6 is 0 Å². The van der Waals surface area contributed by atoms with Crippen LogP contribution < -0.4 is 20.7 Å². The molecule has 0 bridgehead atoms. The lowest BCUT2D eigenvalue weighted by atomic mass is 10.1. The summed E-state index contributed by atoms with van der Waals surface area (Å²) in [7, 11) is 0. The number of carbonyl (C=O) groups excluding carboxylic acids is 4. The van der Waals surface area contributed by atoms with Crippen LogP contribution in [0, 0.1) is 12.8 Å². The summed E-state index contributed by atoms with van der Waals surface area (Å²) in [4.78, 5) is 52.6. The number of rotatable bonds is 8. The zero-order valence-electron chi connectivity index (χ0n) is 19.7. The quantitative estimate of drug-likeness (QED) is 0.456. The Hall–Kier alpha value is -3.88. The highest BCUT2D eigenvalue weighted by Gasteiger charge is 2.36. The van der Waals surface area contributed by atoms with E-state index in [2.05, 4.69) is 29.6 Å². The average molecular weight is 467 g/mol. The van der Waals surface area contributed by atoms with Gasteiger partial charge in [-0.2, -0.15) is 0 Å². The molecule has 2 aromatic rings. The van der Waals surface area contributed by atoms with Gasteiger partial charge in [0.2, 0.25) is 5.91 Å². The molecule has 9 nitrogen and oxygen atoms in total. The van der Waals surface area contributed by atoms with Gasteiger partial charge in [0.05, 0.1) is 5.92 Å². The van der Waals surface area contributed by atoms with E-state index < -0.39 is 30.3 Å². The minimum Gasteiger partial charge on any atom is -0.455 e. The number of aryl methyl sites for hydroxylation is 1. The van der Waals surface area contributed by atoms with E-state index >= 15 is 0 Å². The Bertz CT molecular complexity index is 1030. The van der Waals surface area contributed by atoms with E-state index in [0.29, 0.717) is 5.56 Å². The van der Waals surface area contributed by atoms with Crippen molar-refractivity contribution < 1.29 is 23.9 Å². The van der Waals surface area contributed by atoms with Crippen LogP contribution in [0.15, 0.2) is 48.5 Å². The molecule has 2 aromatic carbocycles. The maximum Gasteiger partial charge on any atom is 0.311 e. The molecular formula is C25H30N4O5.